The first-order valence-electron chi connectivity index (χ1n) is 30.8. The summed E-state index contributed by atoms with van der Waals surface area (Å²) in [4.78, 5) is 26.5. The Balaban J connectivity index is 2.67. The minimum Gasteiger partial charge on any atom is -0.454 e. The molecule has 0 aromatic carbocycles. The van der Waals surface area contributed by atoms with Crippen LogP contribution in [0.15, 0.2) is 72.9 Å². The molecule has 0 saturated carbocycles. The molecule has 1 rings (SSSR count). The summed E-state index contributed by atoms with van der Waals surface area (Å²) in [6.07, 6.45) is 55.1. The van der Waals surface area contributed by atoms with Crippen LogP contribution in [0.3, 0.4) is 0 Å². The van der Waals surface area contributed by atoms with Crippen LogP contribution in [0.5, 0.6) is 0 Å². The van der Waals surface area contributed by atoms with E-state index in [1.54, 1.807) is 6.08 Å². The number of rotatable bonds is 51. The fourth-order valence-electron chi connectivity index (χ4n) is 9.30. The van der Waals surface area contributed by atoms with Crippen LogP contribution in [0.2, 0.25) is 0 Å². The number of amides is 1. The lowest BCUT2D eigenvalue weighted by atomic mass is 9.99. The maximum absolute atomic E-state index is 13.4. The second kappa shape index (κ2) is 51.8. The largest absolute Gasteiger partial charge is 0.454 e. The van der Waals surface area contributed by atoms with Gasteiger partial charge in [-0.15, -0.1) is 0 Å². The van der Waals surface area contributed by atoms with E-state index in [0.29, 0.717) is 12.8 Å². The summed E-state index contributed by atoms with van der Waals surface area (Å²) in [6.45, 7) is 5.63. The van der Waals surface area contributed by atoms with Crippen LogP contribution in [0, 0.1) is 0 Å². The lowest BCUT2D eigenvalue weighted by Gasteiger charge is -2.41. The predicted octanol–water partition coefficient (Wildman–Crippen LogP) is 14.4. The van der Waals surface area contributed by atoms with E-state index >= 15 is 0 Å². The third-order valence-corrected chi connectivity index (χ3v) is 14.2. The molecule has 0 aromatic rings. The Kier molecular flexibility index (Phi) is 48.5. The smallest absolute Gasteiger partial charge is 0.306 e. The number of aliphatic hydroxyl groups is 5. The van der Waals surface area contributed by atoms with Crippen molar-refractivity contribution in [3.05, 3.63) is 72.9 Å². The van der Waals surface area contributed by atoms with Gasteiger partial charge in [0.25, 0.3) is 0 Å². The molecule has 8 unspecified atom stereocenters. The maximum atomic E-state index is 13.4. The van der Waals surface area contributed by atoms with Gasteiger partial charge in [0.2, 0.25) is 5.91 Å². The first-order chi connectivity index (χ1) is 36.7. The van der Waals surface area contributed by atoms with Crippen LogP contribution in [-0.2, 0) is 23.8 Å². The quantitative estimate of drug-likeness (QED) is 0.0149. The van der Waals surface area contributed by atoms with Crippen LogP contribution in [0.4, 0.5) is 0 Å². The Morgan fingerprint density at radius 3 is 1.48 bits per heavy atom. The minimum atomic E-state index is -1.63. The van der Waals surface area contributed by atoms with Crippen molar-refractivity contribution in [3.63, 3.8) is 0 Å². The third kappa shape index (κ3) is 40.0. The second-order valence-electron chi connectivity index (χ2n) is 21.1. The lowest BCUT2D eigenvalue weighted by Crippen LogP contribution is -2.61. The highest BCUT2D eigenvalue weighted by molar-refractivity contribution is 5.80. The molecule has 0 spiro atoms. The van der Waals surface area contributed by atoms with E-state index in [1.807, 2.05) is 42.5 Å². The van der Waals surface area contributed by atoms with Crippen molar-refractivity contribution >= 4 is 11.9 Å². The van der Waals surface area contributed by atoms with Crippen molar-refractivity contribution in [1.29, 1.82) is 0 Å². The summed E-state index contributed by atoms with van der Waals surface area (Å²) < 4.78 is 17.6. The molecule has 0 bridgehead atoms. The zero-order chi connectivity index (χ0) is 54.7. The van der Waals surface area contributed by atoms with Gasteiger partial charge in [-0.3, -0.25) is 9.59 Å². The highest BCUT2D eigenvalue weighted by Crippen LogP contribution is 2.26. The van der Waals surface area contributed by atoms with Crippen LogP contribution < -0.4 is 5.32 Å². The third-order valence-electron chi connectivity index (χ3n) is 14.2. The average Bonchev–Trinajstić information content (AvgIpc) is 3.41. The topological polar surface area (TPSA) is 175 Å². The molecule has 6 N–H and O–H groups in total. The zero-order valence-electron chi connectivity index (χ0n) is 47.9. The monoisotopic (exact) mass is 1060 g/mol. The van der Waals surface area contributed by atoms with Crippen LogP contribution in [-0.4, -0.2) is 99.6 Å². The van der Waals surface area contributed by atoms with Gasteiger partial charge in [0.05, 0.1) is 25.4 Å². The number of allylic oxidation sites excluding steroid dienone is 11. The van der Waals surface area contributed by atoms with Gasteiger partial charge in [-0.25, -0.2) is 0 Å². The molecule has 1 aliphatic heterocycles. The number of esters is 1. The highest BCUT2D eigenvalue weighted by atomic mass is 16.7. The Hall–Kier alpha value is -2.90. The second-order valence-corrected chi connectivity index (χ2v) is 21.1. The van der Waals surface area contributed by atoms with Crippen LogP contribution >= 0.6 is 0 Å². The number of nitrogens with one attached hydrogen (secondary N) is 1. The Bertz CT molecular complexity index is 1490. The van der Waals surface area contributed by atoms with Crippen molar-refractivity contribution in [1.82, 2.24) is 5.32 Å². The fourth-order valence-corrected chi connectivity index (χ4v) is 9.30. The number of unbranched alkanes of at least 4 members (excludes halogenated alkanes) is 30. The predicted molar refractivity (Wildman–Crippen MR) is 310 cm³/mol. The van der Waals surface area contributed by atoms with Gasteiger partial charge < -0.3 is 45.1 Å². The SMILES string of the molecule is CC/C=C/C=C/C=C/C=C\CCCCCCCC(=O)OC1C(OCC(NC(=O)C(O)CCCCCCCCCCCC/C=C/CCCCCCCC)C(O)/C=C/CCCCCCCCCCC)OC(CO)C(O)C1O. The van der Waals surface area contributed by atoms with E-state index in [1.165, 1.54) is 135 Å². The molecule has 1 aliphatic rings. The molecular weight excluding hydrogens is 943 g/mol. The van der Waals surface area contributed by atoms with E-state index in [2.05, 4.69) is 50.4 Å². The molecule has 11 heteroatoms. The Morgan fingerprint density at radius 1 is 0.533 bits per heavy atom. The summed E-state index contributed by atoms with van der Waals surface area (Å²) in [5.41, 5.74) is 0. The van der Waals surface area contributed by atoms with Gasteiger partial charge in [-0.1, -0.05) is 254 Å². The van der Waals surface area contributed by atoms with Crippen molar-refractivity contribution in [3.8, 4) is 0 Å². The van der Waals surface area contributed by atoms with Gasteiger partial charge in [0.15, 0.2) is 12.4 Å². The molecular formula is C64H113NO10. The van der Waals surface area contributed by atoms with E-state index in [0.717, 1.165) is 77.0 Å². The van der Waals surface area contributed by atoms with Gasteiger partial charge in [0.1, 0.15) is 24.4 Å². The Labute approximate surface area is 458 Å². The number of ether oxygens (including phenoxy) is 3. The lowest BCUT2D eigenvalue weighted by molar-refractivity contribution is -0.305. The molecule has 11 nitrogen and oxygen atoms in total. The van der Waals surface area contributed by atoms with Crippen LogP contribution in [0.25, 0.3) is 0 Å². The van der Waals surface area contributed by atoms with E-state index in [9.17, 15) is 35.1 Å². The molecule has 8 atom stereocenters. The van der Waals surface area contributed by atoms with Crippen molar-refractivity contribution < 1.29 is 49.3 Å². The van der Waals surface area contributed by atoms with Crippen molar-refractivity contribution in [2.75, 3.05) is 13.2 Å². The van der Waals surface area contributed by atoms with Gasteiger partial charge in [-0.2, -0.15) is 0 Å². The molecule has 434 valence electrons. The maximum Gasteiger partial charge on any atom is 0.306 e. The summed E-state index contributed by atoms with van der Waals surface area (Å²) in [5.74, 6) is -1.22. The minimum absolute atomic E-state index is 0.0953. The number of aliphatic hydroxyl groups excluding tert-OH is 5. The first kappa shape index (κ1) is 70.1. The van der Waals surface area contributed by atoms with Crippen molar-refractivity contribution in [2.45, 2.75) is 307 Å². The Morgan fingerprint density at radius 2 is 0.973 bits per heavy atom. The summed E-state index contributed by atoms with van der Waals surface area (Å²) in [5, 5.41) is 56.9. The number of hydrogen-bond acceptors (Lipinski definition) is 10. The van der Waals surface area contributed by atoms with E-state index < -0.39 is 67.4 Å². The fraction of sp³-hybridized carbons (Fsp3) is 0.781. The van der Waals surface area contributed by atoms with E-state index in [4.69, 9.17) is 14.2 Å². The molecule has 0 radical (unpaired) electrons. The molecule has 1 amide bonds. The average molecular weight is 1060 g/mol. The van der Waals surface area contributed by atoms with Gasteiger partial charge >= 0.3 is 5.97 Å². The summed E-state index contributed by atoms with van der Waals surface area (Å²) in [6, 6.07) is -1.03. The molecule has 0 aromatic heterocycles. The highest BCUT2D eigenvalue weighted by Gasteiger charge is 2.47. The molecule has 1 saturated heterocycles. The standard InChI is InChI=1S/C64H113NO10/c1-4-7-10-13-16-19-22-24-26-27-28-29-30-32-33-36-39-42-45-48-51-57(68)63(72)65-55(56(67)50-47-44-41-38-35-21-18-15-12-9-6-3)54-73-64-62(61(71)60(70)58(53-66)74-64)75-59(69)52-49-46-43-40-37-34-31-25-23-20-17-14-11-8-5-2/h8,11,14,17,20,23-26,31,47,50,55-58,60-62,64,66-68,70-71H,4-7,9-10,12-13,15-16,18-19,21-22,27-30,32-46,48-49,51-54H2,1-3H3,(H,65,72)/b11-8+,17-14+,23-20+,26-24+,31-25-,50-47+. The van der Waals surface area contributed by atoms with Crippen LogP contribution in [0.1, 0.15) is 258 Å². The number of hydrogen-bond donors (Lipinski definition) is 6. The van der Waals surface area contributed by atoms with Gasteiger partial charge in [-0.05, 0) is 70.6 Å². The first-order valence-corrected chi connectivity index (χ1v) is 30.8. The normalized spacial score (nSPS) is 19.7. The zero-order valence-corrected chi connectivity index (χ0v) is 47.9. The number of carbonyl (C=O) groups excluding carboxylic acids is 2. The summed E-state index contributed by atoms with van der Waals surface area (Å²) in [7, 11) is 0. The molecule has 75 heavy (non-hydrogen) atoms. The summed E-state index contributed by atoms with van der Waals surface area (Å²) >= 11 is 0. The molecule has 1 heterocycles. The molecule has 0 aliphatic carbocycles. The van der Waals surface area contributed by atoms with Crippen molar-refractivity contribution in [2.24, 2.45) is 0 Å². The number of carbonyl (C=O) groups is 2. The van der Waals surface area contributed by atoms with Gasteiger partial charge in [0, 0.05) is 6.42 Å². The molecule has 1 fully saturated rings. The van der Waals surface area contributed by atoms with E-state index in [-0.39, 0.29) is 19.4 Å².